The van der Waals surface area contributed by atoms with Crippen molar-refractivity contribution >= 4 is 29.4 Å². The number of thioether (sulfide) groups is 1. The lowest BCUT2D eigenvalue weighted by molar-refractivity contribution is -0.112. The zero-order valence-electron chi connectivity index (χ0n) is 12.9. The Kier molecular flexibility index (Phi) is 3.93. The van der Waals surface area contributed by atoms with E-state index in [9.17, 15) is 4.79 Å². The van der Waals surface area contributed by atoms with Crippen molar-refractivity contribution in [3.8, 4) is 11.1 Å². The van der Waals surface area contributed by atoms with Gasteiger partial charge < -0.3 is 5.32 Å². The number of anilines is 1. The zero-order valence-corrected chi connectivity index (χ0v) is 13.7. The van der Waals surface area contributed by atoms with E-state index in [0.717, 1.165) is 16.1 Å². The second kappa shape index (κ2) is 6.38. The molecule has 0 saturated carbocycles. The van der Waals surface area contributed by atoms with E-state index in [1.807, 2.05) is 60.7 Å². The summed E-state index contributed by atoms with van der Waals surface area (Å²) in [5.41, 5.74) is 4.26. The molecule has 1 amide bonds. The van der Waals surface area contributed by atoms with Gasteiger partial charge in [-0.3, -0.25) is 4.79 Å². The molecule has 1 heterocycles. The number of carbonyl (C=O) groups excluding carboxylic acids is 1. The van der Waals surface area contributed by atoms with Crippen molar-refractivity contribution < 1.29 is 4.79 Å². The summed E-state index contributed by atoms with van der Waals surface area (Å²) in [5.74, 6) is -0.0502. The van der Waals surface area contributed by atoms with Gasteiger partial charge in [0, 0.05) is 4.90 Å². The van der Waals surface area contributed by atoms with Gasteiger partial charge in [-0.25, -0.2) is 0 Å². The SMILES string of the molecule is O=C1Nc2ccccc2S/C1=C/c1ccc(-c2ccccc2)cc1. The summed E-state index contributed by atoms with van der Waals surface area (Å²) in [4.78, 5) is 14.0. The maximum atomic E-state index is 12.2. The van der Waals surface area contributed by atoms with Gasteiger partial charge in [-0.05, 0) is 34.9 Å². The van der Waals surface area contributed by atoms with Crippen LogP contribution >= 0.6 is 11.8 Å². The van der Waals surface area contributed by atoms with Gasteiger partial charge in [-0.1, -0.05) is 78.5 Å². The van der Waals surface area contributed by atoms with Crippen LogP contribution in [0.2, 0.25) is 0 Å². The average molecular weight is 329 g/mol. The van der Waals surface area contributed by atoms with E-state index in [1.165, 1.54) is 22.9 Å². The van der Waals surface area contributed by atoms with E-state index >= 15 is 0 Å². The third kappa shape index (κ3) is 2.99. The third-order valence-electron chi connectivity index (χ3n) is 3.89. The zero-order chi connectivity index (χ0) is 16.4. The Bertz CT molecular complexity index is 914. The Morgan fingerprint density at radius 2 is 1.42 bits per heavy atom. The molecule has 2 nitrogen and oxygen atoms in total. The first kappa shape index (κ1) is 14.8. The van der Waals surface area contributed by atoms with Crippen molar-refractivity contribution in [3.63, 3.8) is 0 Å². The van der Waals surface area contributed by atoms with Crippen LogP contribution in [0.4, 0.5) is 5.69 Å². The van der Waals surface area contributed by atoms with Crippen LogP contribution in [0.15, 0.2) is 88.7 Å². The number of nitrogens with one attached hydrogen (secondary N) is 1. The van der Waals surface area contributed by atoms with Gasteiger partial charge in [0.05, 0.1) is 10.6 Å². The van der Waals surface area contributed by atoms with Gasteiger partial charge in [-0.2, -0.15) is 0 Å². The molecule has 3 aromatic carbocycles. The highest BCUT2D eigenvalue weighted by Gasteiger charge is 2.20. The van der Waals surface area contributed by atoms with Crippen LogP contribution in [0.5, 0.6) is 0 Å². The summed E-state index contributed by atoms with van der Waals surface area (Å²) in [5, 5.41) is 2.94. The quantitative estimate of drug-likeness (QED) is 0.634. The number of fused-ring (bicyclic) bond motifs is 1. The molecule has 0 fully saturated rings. The van der Waals surface area contributed by atoms with Crippen molar-refractivity contribution in [2.75, 3.05) is 5.32 Å². The molecule has 4 rings (SSSR count). The standard InChI is InChI=1S/C21H15NOS/c23-21-20(24-19-9-5-4-8-18(19)22-21)14-15-10-12-17(13-11-15)16-6-2-1-3-7-16/h1-14H,(H,22,23)/b20-14+. The fourth-order valence-corrected chi connectivity index (χ4v) is 3.61. The first-order valence-corrected chi connectivity index (χ1v) is 8.57. The molecule has 1 N–H and O–H groups in total. The summed E-state index contributed by atoms with van der Waals surface area (Å²) in [6.07, 6.45) is 1.94. The van der Waals surface area contributed by atoms with Crippen LogP contribution in [0.1, 0.15) is 5.56 Å². The number of hydrogen-bond donors (Lipinski definition) is 1. The molecule has 0 atom stereocenters. The molecule has 0 bridgehead atoms. The lowest BCUT2D eigenvalue weighted by atomic mass is 10.0. The molecule has 3 heteroatoms. The van der Waals surface area contributed by atoms with Crippen LogP contribution in [0.25, 0.3) is 17.2 Å². The van der Waals surface area contributed by atoms with Crippen LogP contribution in [0.3, 0.4) is 0 Å². The predicted octanol–water partition coefficient (Wildman–Crippen LogP) is 5.44. The van der Waals surface area contributed by atoms with Crippen LogP contribution in [-0.4, -0.2) is 5.91 Å². The lowest BCUT2D eigenvalue weighted by Crippen LogP contribution is -2.16. The molecule has 1 aliphatic heterocycles. The van der Waals surface area contributed by atoms with Crippen LogP contribution < -0.4 is 5.32 Å². The van der Waals surface area contributed by atoms with Gasteiger partial charge >= 0.3 is 0 Å². The third-order valence-corrected chi connectivity index (χ3v) is 4.99. The second-order valence-corrected chi connectivity index (χ2v) is 6.63. The summed E-state index contributed by atoms with van der Waals surface area (Å²) in [6, 6.07) is 26.4. The molecule has 0 aromatic heterocycles. The molecule has 0 aliphatic carbocycles. The number of hydrogen-bond acceptors (Lipinski definition) is 2. The number of amides is 1. The number of benzene rings is 3. The minimum Gasteiger partial charge on any atom is -0.320 e. The molecule has 3 aromatic rings. The van der Waals surface area contributed by atoms with E-state index in [2.05, 4.69) is 29.6 Å². The molecule has 116 valence electrons. The Labute approximate surface area is 145 Å². The van der Waals surface area contributed by atoms with Crippen molar-refractivity contribution in [1.29, 1.82) is 0 Å². The number of rotatable bonds is 2. The Hall–Kier alpha value is -2.78. The van der Waals surface area contributed by atoms with E-state index in [1.54, 1.807) is 0 Å². The van der Waals surface area contributed by atoms with E-state index in [-0.39, 0.29) is 5.91 Å². The maximum Gasteiger partial charge on any atom is 0.262 e. The van der Waals surface area contributed by atoms with Gasteiger partial charge in [0.15, 0.2) is 0 Å². The van der Waals surface area contributed by atoms with Gasteiger partial charge in [0.1, 0.15) is 0 Å². The second-order valence-electron chi connectivity index (χ2n) is 5.55. The summed E-state index contributed by atoms with van der Waals surface area (Å²) < 4.78 is 0. The van der Waals surface area contributed by atoms with E-state index < -0.39 is 0 Å². The minimum absolute atomic E-state index is 0.0502. The molecular formula is C21H15NOS. The first-order chi connectivity index (χ1) is 11.8. The van der Waals surface area contributed by atoms with Gasteiger partial charge in [-0.15, -0.1) is 0 Å². The summed E-state index contributed by atoms with van der Waals surface area (Å²) in [7, 11) is 0. The fraction of sp³-hybridized carbons (Fsp3) is 0. The highest BCUT2D eigenvalue weighted by Crippen LogP contribution is 2.38. The normalized spacial score (nSPS) is 15.0. The molecule has 24 heavy (non-hydrogen) atoms. The van der Waals surface area contributed by atoms with E-state index in [4.69, 9.17) is 0 Å². The molecule has 1 aliphatic rings. The van der Waals surface area contributed by atoms with Crippen molar-refractivity contribution in [3.05, 3.63) is 89.3 Å². The Morgan fingerprint density at radius 3 is 2.21 bits per heavy atom. The first-order valence-electron chi connectivity index (χ1n) is 7.75. The largest absolute Gasteiger partial charge is 0.320 e. The number of para-hydroxylation sites is 1. The molecule has 0 saturated heterocycles. The smallest absolute Gasteiger partial charge is 0.262 e. The van der Waals surface area contributed by atoms with Crippen LogP contribution in [0, 0.1) is 0 Å². The van der Waals surface area contributed by atoms with E-state index in [0.29, 0.717) is 4.91 Å². The monoisotopic (exact) mass is 329 g/mol. The minimum atomic E-state index is -0.0502. The van der Waals surface area contributed by atoms with Gasteiger partial charge in [0.25, 0.3) is 5.91 Å². The molecular weight excluding hydrogens is 314 g/mol. The molecule has 0 radical (unpaired) electrons. The number of carbonyl (C=O) groups is 1. The fourth-order valence-electron chi connectivity index (χ4n) is 2.66. The highest BCUT2D eigenvalue weighted by molar-refractivity contribution is 8.04. The van der Waals surface area contributed by atoms with Gasteiger partial charge in [0.2, 0.25) is 0 Å². The molecule has 0 unspecified atom stereocenters. The highest BCUT2D eigenvalue weighted by atomic mass is 32.2. The maximum absolute atomic E-state index is 12.2. The lowest BCUT2D eigenvalue weighted by Gasteiger charge is -2.18. The van der Waals surface area contributed by atoms with Crippen molar-refractivity contribution in [2.45, 2.75) is 4.90 Å². The summed E-state index contributed by atoms with van der Waals surface area (Å²) in [6.45, 7) is 0. The Morgan fingerprint density at radius 1 is 0.750 bits per heavy atom. The topological polar surface area (TPSA) is 29.1 Å². The van der Waals surface area contributed by atoms with Crippen LogP contribution in [-0.2, 0) is 4.79 Å². The average Bonchev–Trinajstić information content (AvgIpc) is 2.64. The molecule has 0 spiro atoms. The summed E-state index contributed by atoms with van der Waals surface area (Å²) >= 11 is 1.51. The van der Waals surface area contributed by atoms with Crippen molar-refractivity contribution in [1.82, 2.24) is 0 Å². The predicted molar refractivity (Wildman–Crippen MR) is 101 cm³/mol. The van der Waals surface area contributed by atoms with Crippen molar-refractivity contribution in [2.24, 2.45) is 0 Å². The Balaban J connectivity index is 1.61.